The van der Waals surface area contributed by atoms with Gasteiger partial charge in [-0.2, -0.15) is 0 Å². The number of H-pyrrole nitrogens is 1. The van der Waals surface area contributed by atoms with Gasteiger partial charge in [-0.25, -0.2) is 28.7 Å². The number of halogens is 2. The van der Waals surface area contributed by atoms with Gasteiger partial charge in [0.25, 0.3) is 6.43 Å². The molecule has 0 radical (unpaired) electrons. The monoisotopic (exact) mass is 277 g/mol. The fourth-order valence-corrected chi connectivity index (χ4v) is 1.93. The van der Waals surface area contributed by atoms with Gasteiger partial charge in [-0.15, -0.1) is 0 Å². The molecule has 0 amide bonds. The van der Waals surface area contributed by atoms with Gasteiger partial charge < -0.3 is 9.72 Å². The first-order valence-corrected chi connectivity index (χ1v) is 5.68. The lowest BCUT2D eigenvalue weighted by Gasteiger charge is -2.07. The summed E-state index contributed by atoms with van der Waals surface area (Å²) in [5.74, 6) is 0.336. The van der Waals surface area contributed by atoms with Crippen LogP contribution in [0.25, 0.3) is 22.4 Å². The fraction of sp³-hybridized carbons (Fsp3) is 0.167. The summed E-state index contributed by atoms with van der Waals surface area (Å²) in [6, 6.07) is 3.32. The molecule has 6 nitrogen and oxygen atoms in total. The Bertz CT molecular complexity index is 744. The number of nitrogens with one attached hydrogen (secondary N) is 1. The highest BCUT2D eigenvalue weighted by molar-refractivity contribution is 5.89. The Kier molecular flexibility index (Phi) is 2.97. The smallest absolute Gasteiger partial charge is 0.295 e. The lowest BCUT2D eigenvalue weighted by Crippen LogP contribution is -1.94. The highest BCUT2D eigenvalue weighted by Crippen LogP contribution is 2.34. The Morgan fingerprint density at radius 1 is 1.20 bits per heavy atom. The molecule has 2 heterocycles. The number of aromatic amines is 1. The zero-order valence-electron chi connectivity index (χ0n) is 10.3. The Morgan fingerprint density at radius 2 is 1.95 bits per heavy atom. The van der Waals surface area contributed by atoms with E-state index in [1.807, 2.05) is 0 Å². The average molecular weight is 277 g/mol. The number of alkyl halides is 2. The van der Waals surface area contributed by atoms with Crippen LogP contribution in [0.1, 0.15) is 12.2 Å². The minimum Gasteiger partial charge on any atom is -0.494 e. The number of nitrogens with zero attached hydrogens (tertiary/aromatic N) is 4. The van der Waals surface area contributed by atoms with Gasteiger partial charge in [0, 0.05) is 0 Å². The van der Waals surface area contributed by atoms with E-state index in [9.17, 15) is 8.78 Å². The summed E-state index contributed by atoms with van der Waals surface area (Å²) >= 11 is 0. The van der Waals surface area contributed by atoms with E-state index in [-0.39, 0.29) is 0 Å². The number of hydrogen-bond donors (Lipinski definition) is 1. The first-order chi connectivity index (χ1) is 9.70. The van der Waals surface area contributed by atoms with Crippen LogP contribution in [0, 0.1) is 0 Å². The van der Waals surface area contributed by atoms with Crippen LogP contribution in [0.4, 0.5) is 8.78 Å². The predicted molar refractivity (Wildman–Crippen MR) is 66.4 cm³/mol. The first kappa shape index (κ1) is 12.4. The van der Waals surface area contributed by atoms with Crippen molar-refractivity contribution in [3.8, 4) is 17.1 Å². The van der Waals surface area contributed by atoms with Crippen molar-refractivity contribution in [3.05, 3.63) is 30.6 Å². The number of rotatable bonds is 3. The molecule has 0 bridgehead atoms. The van der Waals surface area contributed by atoms with Crippen molar-refractivity contribution in [1.82, 2.24) is 24.9 Å². The Balaban J connectivity index is 2.24. The Morgan fingerprint density at radius 3 is 2.60 bits per heavy atom. The number of benzene rings is 1. The minimum absolute atomic E-state index is 0.320. The molecule has 8 heteroatoms. The second-order valence-electron chi connectivity index (χ2n) is 3.93. The summed E-state index contributed by atoms with van der Waals surface area (Å²) in [6.07, 6.45) is 0.0232. The average Bonchev–Trinajstić information content (AvgIpc) is 2.91. The highest BCUT2D eigenvalue weighted by atomic mass is 19.3. The molecule has 0 aliphatic carbocycles. The quantitative estimate of drug-likeness (QED) is 0.795. The third kappa shape index (κ3) is 1.94. The number of fused-ring (bicyclic) bond motifs is 1. The normalized spacial score (nSPS) is 11.2. The van der Waals surface area contributed by atoms with E-state index in [1.54, 1.807) is 12.1 Å². The number of imidazole rings is 1. The van der Waals surface area contributed by atoms with Gasteiger partial charge in [-0.1, -0.05) is 0 Å². The standard InChI is InChI=1S/C12H9F2N5O/c1-20-9-6(11-16-4-15-5-17-11)2-3-7-8(9)19-12(18-7)10(13)14/h2-5,10H,1H3,(H,18,19). The van der Waals surface area contributed by atoms with E-state index >= 15 is 0 Å². The van der Waals surface area contributed by atoms with Crippen molar-refractivity contribution in [1.29, 1.82) is 0 Å². The van der Waals surface area contributed by atoms with Crippen molar-refractivity contribution in [2.75, 3.05) is 7.11 Å². The minimum atomic E-state index is -2.67. The molecule has 0 spiro atoms. The molecule has 3 aromatic rings. The molecule has 2 aromatic heterocycles. The second-order valence-corrected chi connectivity index (χ2v) is 3.93. The summed E-state index contributed by atoms with van der Waals surface area (Å²) in [6.45, 7) is 0. The number of ether oxygens (including phenoxy) is 1. The molecule has 0 atom stereocenters. The molecule has 0 aliphatic rings. The van der Waals surface area contributed by atoms with Crippen LogP contribution in [-0.4, -0.2) is 32.0 Å². The van der Waals surface area contributed by atoms with Crippen molar-refractivity contribution in [2.45, 2.75) is 6.43 Å². The highest BCUT2D eigenvalue weighted by Gasteiger charge is 2.18. The van der Waals surface area contributed by atoms with Gasteiger partial charge in [0.05, 0.1) is 18.2 Å². The summed E-state index contributed by atoms with van der Waals surface area (Å²) in [5.41, 5.74) is 1.35. The largest absolute Gasteiger partial charge is 0.494 e. The second kappa shape index (κ2) is 4.80. The van der Waals surface area contributed by atoms with E-state index in [1.165, 1.54) is 19.8 Å². The SMILES string of the molecule is COc1c(-c2ncncn2)ccc2[nH]c(C(F)F)nc12. The van der Waals surface area contributed by atoms with Crippen molar-refractivity contribution in [3.63, 3.8) is 0 Å². The molecule has 1 N–H and O–H groups in total. The molecule has 1 aromatic carbocycles. The van der Waals surface area contributed by atoms with Crippen LogP contribution in [0.5, 0.6) is 5.75 Å². The lowest BCUT2D eigenvalue weighted by molar-refractivity contribution is 0.142. The molecule has 3 rings (SSSR count). The van der Waals surface area contributed by atoms with E-state index < -0.39 is 12.2 Å². The van der Waals surface area contributed by atoms with E-state index in [0.29, 0.717) is 28.2 Å². The van der Waals surface area contributed by atoms with E-state index in [4.69, 9.17) is 4.74 Å². The molecule has 102 valence electrons. The molecule has 0 fully saturated rings. The maximum atomic E-state index is 12.7. The molecule has 0 unspecified atom stereocenters. The molecule has 0 saturated carbocycles. The number of methoxy groups -OCH3 is 1. The molecular formula is C12H9F2N5O. The number of hydrogen-bond acceptors (Lipinski definition) is 5. The zero-order valence-corrected chi connectivity index (χ0v) is 10.3. The summed E-state index contributed by atoms with van der Waals surface area (Å²) in [4.78, 5) is 18.2. The van der Waals surface area contributed by atoms with Crippen LogP contribution in [0.3, 0.4) is 0 Å². The predicted octanol–water partition coefficient (Wildman–Crippen LogP) is 2.36. The van der Waals surface area contributed by atoms with Crippen molar-refractivity contribution < 1.29 is 13.5 Å². The van der Waals surface area contributed by atoms with Crippen molar-refractivity contribution >= 4 is 11.0 Å². The molecular weight excluding hydrogens is 268 g/mol. The van der Waals surface area contributed by atoms with Crippen molar-refractivity contribution in [2.24, 2.45) is 0 Å². The van der Waals surface area contributed by atoms with Gasteiger partial charge in [-0.05, 0) is 12.1 Å². The maximum Gasteiger partial charge on any atom is 0.295 e. The van der Waals surface area contributed by atoms with E-state index in [2.05, 4.69) is 24.9 Å². The Hall–Kier alpha value is -2.64. The number of aromatic nitrogens is 5. The fourth-order valence-electron chi connectivity index (χ4n) is 1.93. The Labute approximate surface area is 111 Å². The third-order valence-corrected chi connectivity index (χ3v) is 2.77. The topological polar surface area (TPSA) is 76.6 Å². The lowest BCUT2D eigenvalue weighted by atomic mass is 10.1. The van der Waals surface area contributed by atoms with Gasteiger partial charge in [0.1, 0.15) is 18.2 Å². The maximum absolute atomic E-state index is 12.7. The third-order valence-electron chi connectivity index (χ3n) is 2.77. The summed E-state index contributed by atoms with van der Waals surface area (Å²) in [7, 11) is 1.44. The van der Waals surface area contributed by atoms with Crippen LogP contribution < -0.4 is 4.74 Å². The van der Waals surface area contributed by atoms with Gasteiger partial charge in [-0.3, -0.25) is 0 Å². The molecule has 20 heavy (non-hydrogen) atoms. The van der Waals surface area contributed by atoms with Crippen LogP contribution in [-0.2, 0) is 0 Å². The van der Waals surface area contributed by atoms with Gasteiger partial charge in [0.2, 0.25) is 0 Å². The zero-order chi connectivity index (χ0) is 14.1. The molecule has 0 aliphatic heterocycles. The van der Waals surface area contributed by atoms with Crippen LogP contribution >= 0.6 is 0 Å². The van der Waals surface area contributed by atoms with Gasteiger partial charge in [0.15, 0.2) is 17.4 Å². The van der Waals surface area contributed by atoms with E-state index in [0.717, 1.165) is 0 Å². The van der Waals surface area contributed by atoms with Crippen LogP contribution in [0.15, 0.2) is 24.8 Å². The molecule has 0 saturated heterocycles. The summed E-state index contributed by atoms with van der Waals surface area (Å²) in [5, 5.41) is 0. The first-order valence-electron chi connectivity index (χ1n) is 5.68. The van der Waals surface area contributed by atoms with Gasteiger partial charge >= 0.3 is 0 Å². The summed E-state index contributed by atoms with van der Waals surface area (Å²) < 4.78 is 30.7. The van der Waals surface area contributed by atoms with Crippen LogP contribution in [0.2, 0.25) is 0 Å².